The number of hydrogen-bond acceptors (Lipinski definition) is 5. The topological polar surface area (TPSA) is 125 Å². The van der Waals surface area contributed by atoms with Crippen molar-refractivity contribution in [3.8, 4) is 11.1 Å². The van der Waals surface area contributed by atoms with E-state index >= 15 is 0 Å². The van der Waals surface area contributed by atoms with Gasteiger partial charge < -0.3 is 25.6 Å². The summed E-state index contributed by atoms with van der Waals surface area (Å²) in [6.45, 7) is 1.61. The first kappa shape index (κ1) is 23.8. The van der Waals surface area contributed by atoms with Crippen molar-refractivity contribution in [2.75, 3.05) is 13.2 Å². The quantitative estimate of drug-likeness (QED) is 0.497. The molecule has 3 atom stereocenters. The molecule has 8 heteroatoms. The molecule has 4 N–H and O–H groups in total. The van der Waals surface area contributed by atoms with Crippen LogP contribution in [-0.2, 0) is 14.3 Å². The number of rotatable bonds is 7. The summed E-state index contributed by atoms with van der Waals surface area (Å²) in [5.41, 5.74) is 3.70. The van der Waals surface area contributed by atoms with Crippen LogP contribution >= 0.6 is 0 Å². The van der Waals surface area contributed by atoms with Gasteiger partial charge in [0.25, 0.3) is 0 Å². The van der Waals surface area contributed by atoms with Gasteiger partial charge in [0.2, 0.25) is 5.91 Å². The Bertz CT molecular complexity index is 1040. The summed E-state index contributed by atoms with van der Waals surface area (Å²) >= 11 is 0. The van der Waals surface area contributed by atoms with Gasteiger partial charge in [-0.1, -0.05) is 61.4 Å². The van der Waals surface area contributed by atoms with Gasteiger partial charge in [-0.25, -0.2) is 9.59 Å². The molecule has 2 aromatic carbocycles. The summed E-state index contributed by atoms with van der Waals surface area (Å²) in [4.78, 5) is 36.4. The van der Waals surface area contributed by atoms with E-state index in [1.807, 2.05) is 31.2 Å². The lowest BCUT2D eigenvalue weighted by Gasteiger charge is -2.40. The van der Waals surface area contributed by atoms with Crippen LogP contribution in [0.2, 0.25) is 0 Å². The minimum Gasteiger partial charge on any atom is -0.479 e. The highest BCUT2D eigenvalue weighted by atomic mass is 16.5. The van der Waals surface area contributed by atoms with E-state index in [0.29, 0.717) is 12.8 Å². The summed E-state index contributed by atoms with van der Waals surface area (Å²) < 4.78 is 5.67. The SMILES string of the molecule is CC1(NC(=O)OCC2c3ccccc3-c3ccccc32)CCCCC1C(=O)NCC(O)C(=O)O. The van der Waals surface area contributed by atoms with Crippen LogP contribution in [0, 0.1) is 5.92 Å². The summed E-state index contributed by atoms with van der Waals surface area (Å²) in [5, 5.41) is 23.7. The molecule has 0 saturated heterocycles. The Hall–Kier alpha value is -3.39. The minimum absolute atomic E-state index is 0.0612. The number of aliphatic hydroxyl groups excluding tert-OH is 1. The van der Waals surface area contributed by atoms with Gasteiger partial charge in [0.15, 0.2) is 6.10 Å². The standard InChI is InChI=1S/C26H30N2O6/c1-26(13-7-6-12-21(26)23(30)27-14-22(29)24(31)32)28-25(33)34-15-20-18-10-4-2-8-16(18)17-9-3-5-11-19(17)20/h2-5,8-11,20-22,29H,6-7,12-15H2,1H3,(H,27,30)(H,28,33)(H,31,32). The summed E-state index contributed by atoms with van der Waals surface area (Å²) in [5.74, 6) is -2.40. The number of ether oxygens (including phenoxy) is 1. The average Bonchev–Trinajstić information content (AvgIpc) is 3.14. The maximum Gasteiger partial charge on any atom is 0.407 e. The molecule has 0 heterocycles. The molecule has 0 spiro atoms. The van der Waals surface area contributed by atoms with Gasteiger partial charge >= 0.3 is 12.1 Å². The number of amides is 2. The van der Waals surface area contributed by atoms with E-state index in [4.69, 9.17) is 9.84 Å². The molecule has 0 aromatic heterocycles. The first-order chi connectivity index (χ1) is 16.3. The second kappa shape index (κ2) is 9.85. The van der Waals surface area contributed by atoms with Crippen LogP contribution in [0.4, 0.5) is 4.79 Å². The van der Waals surface area contributed by atoms with Gasteiger partial charge in [-0.3, -0.25) is 4.79 Å². The van der Waals surface area contributed by atoms with Gasteiger partial charge in [-0.2, -0.15) is 0 Å². The maximum atomic E-state index is 12.8. The summed E-state index contributed by atoms with van der Waals surface area (Å²) in [7, 11) is 0. The average molecular weight is 467 g/mol. The molecule has 2 aliphatic carbocycles. The number of nitrogens with one attached hydrogen (secondary N) is 2. The Morgan fingerprint density at radius 2 is 1.68 bits per heavy atom. The van der Waals surface area contributed by atoms with Gasteiger partial charge in [0.1, 0.15) is 6.61 Å². The number of benzene rings is 2. The number of aliphatic carboxylic acids is 1. The van der Waals surface area contributed by atoms with Crippen molar-refractivity contribution in [3.63, 3.8) is 0 Å². The molecular weight excluding hydrogens is 436 g/mol. The minimum atomic E-state index is -1.67. The highest BCUT2D eigenvalue weighted by Gasteiger charge is 2.43. The van der Waals surface area contributed by atoms with Crippen molar-refractivity contribution in [1.29, 1.82) is 0 Å². The number of alkyl carbamates (subject to hydrolysis) is 1. The molecule has 0 aliphatic heterocycles. The van der Waals surface area contributed by atoms with Crippen LogP contribution in [0.3, 0.4) is 0 Å². The van der Waals surface area contributed by atoms with Gasteiger partial charge in [0.05, 0.1) is 18.0 Å². The van der Waals surface area contributed by atoms with Crippen molar-refractivity contribution in [3.05, 3.63) is 59.7 Å². The normalized spacial score (nSPS) is 22.2. The third-order valence-electron chi connectivity index (χ3n) is 7.01. The van der Waals surface area contributed by atoms with E-state index in [9.17, 15) is 19.5 Å². The largest absolute Gasteiger partial charge is 0.479 e. The lowest BCUT2D eigenvalue weighted by atomic mass is 9.73. The number of fused-ring (bicyclic) bond motifs is 3. The van der Waals surface area contributed by atoms with Crippen molar-refractivity contribution < 1.29 is 29.3 Å². The molecule has 2 aliphatic rings. The number of hydrogen-bond donors (Lipinski definition) is 4. The molecule has 1 saturated carbocycles. The molecule has 4 rings (SSSR count). The second-order valence-corrected chi connectivity index (χ2v) is 9.27. The van der Waals surface area contributed by atoms with Crippen molar-refractivity contribution in [2.24, 2.45) is 5.92 Å². The van der Waals surface area contributed by atoms with Crippen LogP contribution in [0.15, 0.2) is 48.5 Å². The van der Waals surface area contributed by atoms with E-state index < -0.39 is 29.6 Å². The molecule has 8 nitrogen and oxygen atoms in total. The maximum absolute atomic E-state index is 12.8. The van der Waals surface area contributed by atoms with Gasteiger partial charge in [-0.15, -0.1) is 0 Å². The second-order valence-electron chi connectivity index (χ2n) is 9.27. The Labute approximate surface area is 198 Å². The molecule has 180 valence electrons. The van der Waals surface area contributed by atoms with E-state index in [1.165, 1.54) is 0 Å². The molecule has 2 amide bonds. The Morgan fingerprint density at radius 3 is 2.29 bits per heavy atom. The zero-order valence-corrected chi connectivity index (χ0v) is 19.1. The van der Waals surface area contributed by atoms with E-state index in [-0.39, 0.29) is 25.0 Å². The van der Waals surface area contributed by atoms with Crippen molar-refractivity contribution >= 4 is 18.0 Å². The van der Waals surface area contributed by atoms with Crippen LogP contribution < -0.4 is 10.6 Å². The smallest absolute Gasteiger partial charge is 0.407 e. The molecule has 0 bridgehead atoms. The summed E-state index contributed by atoms with van der Waals surface area (Å²) in [6.07, 6.45) is 0.554. The third-order valence-corrected chi connectivity index (χ3v) is 7.01. The zero-order valence-electron chi connectivity index (χ0n) is 19.1. The fourth-order valence-corrected chi connectivity index (χ4v) is 5.18. The van der Waals surface area contributed by atoms with Crippen molar-refractivity contribution in [2.45, 2.75) is 50.2 Å². The van der Waals surface area contributed by atoms with E-state index in [2.05, 4.69) is 34.9 Å². The third kappa shape index (κ3) is 4.77. The zero-order chi connectivity index (χ0) is 24.3. The fraction of sp³-hybridized carbons (Fsp3) is 0.423. The molecule has 0 radical (unpaired) electrons. The van der Waals surface area contributed by atoms with Crippen LogP contribution in [-0.4, -0.2) is 53.0 Å². The first-order valence-corrected chi connectivity index (χ1v) is 11.6. The molecule has 1 fully saturated rings. The summed E-state index contributed by atoms with van der Waals surface area (Å²) in [6, 6.07) is 16.2. The predicted octanol–water partition coefficient (Wildman–Crippen LogP) is 3.04. The highest BCUT2D eigenvalue weighted by Crippen LogP contribution is 2.44. The number of carbonyl (C=O) groups is 3. The molecule has 34 heavy (non-hydrogen) atoms. The van der Waals surface area contributed by atoms with Crippen LogP contribution in [0.1, 0.15) is 49.7 Å². The lowest BCUT2D eigenvalue weighted by Crippen LogP contribution is -2.58. The molecule has 3 unspecified atom stereocenters. The van der Waals surface area contributed by atoms with E-state index in [1.54, 1.807) is 0 Å². The van der Waals surface area contributed by atoms with Crippen LogP contribution in [0.25, 0.3) is 11.1 Å². The molecular formula is C26H30N2O6. The number of carboxylic acid groups (broad SMARTS) is 1. The van der Waals surface area contributed by atoms with E-state index in [0.717, 1.165) is 35.1 Å². The number of carboxylic acids is 1. The highest BCUT2D eigenvalue weighted by molar-refractivity contribution is 5.83. The molecule has 2 aromatic rings. The Kier molecular flexibility index (Phi) is 6.88. The monoisotopic (exact) mass is 466 g/mol. The van der Waals surface area contributed by atoms with Gasteiger partial charge in [-0.05, 0) is 42.0 Å². The predicted molar refractivity (Wildman–Crippen MR) is 125 cm³/mol. The number of aliphatic hydroxyl groups is 1. The lowest BCUT2D eigenvalue weighted by molar-refractivity contribution is -0.146. The first-order valence-electron chi connectivity index (χ1n) is 11.6. The Balaban J connectivity index is 1.41. The fourth-order valence-electron chi connectivity index (χ4n) is 5.18. The Morgan fingerprint density at radius 1 is 1.06 bits per heavy atom. The van der Waals surface area contributed by atoms with Gasteiger partial charge in [0, 0.05) is 5.92 Å². The van der Waals surface area contributed by atoms with Crippen molar-refractivity contribution in [1.82, 2.24) is 10.6 Å². The van der Waals surface area contributed by atoms with Crippen LogP contribution in [0.5, 0.6) is 0 Å². The number of carbonyl (C=O) groups excluding carboxylic acids is 2.